The van der Waals surface area contributed by atoms with Crippen LogP contribution in [0.15, 0.2) is 65.8 Å². The molecule has 3 aromatic heterocycles. The van der Waals surface area contributed by atoms with Crippen LogP contribution in [0.2, 0.25) is 0 Å². The molecule has 0 aliphatic carbocycles. The molecule has 0 aliphatic rings. The molecular formula is C20H19FN6O. The van der Waals surface area contributed by atoms with Crippen LogP contribution in [-0.4, -0.2) is 38.3 Å². The van der Waals surface area contributed by atoms with Crippen molar-refractivity contribution in [3.05, 3.63) is 78.5 Å². The smallest absolute Gasteiger partial charge is 0.259 e. The molecule has 0 amide bonds. The van der Waals surface area contributed by atoms with Gasteiger partial charge in [0.25, 0.3) is 5.89 Å². The Hall–Kier alpha value is -3.55. The first-order valence-electron chi connectivity index (χ1n) is 8.88. The first-order valence-corrected chi connectivity index (χ1v) is 8.88. The van der Waals surface area contributed by atoms with E-state index in [2.05, 4.69) is 25.0 Å². The molecule has 0 aliphatic heterocycles. The van der Waals surface area contributed by atoms with E-state index in [1.165, 1.54) is 12.1 Å². The van der Waals surface area contributed by atoms with E-state index in [4.69, 9.17) is 4.52 Å². The van der Waals surface area contributed by atoms with Crippen molar-refractivity contribution in [2.75, 3.05) is 18.5 Å². The molecule has 1 aromatic carbocycles. The fourth-order valence-corrected chi connectivity index (χ4v) is 2.77. The minimum absolute atomic E-state index is 0.265. The van der Waals surface area contributed by atoms with Gasteiger partial charge in [-0.05, 0) is 29.8 Å². The molecule has 4 aromatic rings. The van der Waals surface area contributed by atoms with E-state index in [9.17, 15) is 4.39 Å². The summed E-state index contributed by atoms with van der Waals surface area (Å²) in [5.41, 5.74) is 1.67. The monoisotopic (exact) mass is 378 g/mol. The number of hydrogen-bond donors (Lipinski definition) is 0. The van der Waals surface area contributed by atoms with Crippen LogP contribution in [0, 0.1) is 5.82 Å². The molecule has 0 unspecified atom stereocenters. The van der Waals surface area contributed by atoms with Crippen molar-refractivity contribution < 1.29 is 8.91 Å². The van der Waals surface area contributed by atoms with Crippen molar-refractivity contribution in [1.82, 2.24) is 24.7 Å². The first-order chi connectivity index (χ1) is 13.7. The van der Waals surface area contributed by atoms with Crippen molar-refractivity contribution >= 4 is 5.82 Å². The summed E-state index contributed by atoms with van der Waals surface area (Å²) >= 11 is 0. The Morgan fingerprint density at radius 1 is 1.14 bits per heavy atom. The third kappa shape index (κ3) is 4.22. The average Bonchev–Trinajstić information content (AvgIpc) is 3.40. The van der Waals surface area contributed by atoms with Gasteiger partial charge < -0.3 is 14.0 Å². The van der Waals surface area contributed by atoms with Gasteiger partial charge in [0.15, 0.2) is 5.82 Å². The molecule has 8 heteroatoms. The summed E-state index contributed by atoms with van der Waals surface area (Å²) in [6.07, 6.45) is 7.69. The summed E-state index contributed by atoms with van der Waals surface area (Å²) in [5.74, 6) is 1.55. The molecule has 0 spiro atoms. The van der Waals surface area contributed by atoms with Crippen molar-refractivity contribution in [2.24, 2.45) is 0 Å². The highest BCUT2D eigenvalue weighted by Gasteiger charge is 2.11. The summed E-state index contributed by atoms with van der Waals surface area (Å²) in [7, 11) is 1.99. The summed E-state index contributed by atoms with van der Waals surface area (Å²) in [4.78, 5) is 15.0. The molecule has 0 fully saturated rings. The molecule has 7 nitrogen and oxygen atoms in total. The zero-order valence-corrected chi connectivity index (χ0v) is 15.4. The third-order valence-electron chi connectivity index (χ3n) is 4.38. The van der Waals surface area contributed by atoms with E-state index in [1.807, 2.05) is 29.9 Å². The highest BCUT2D eigenvalue weighted by molar-refractivity contribution is 5.54. The number of benzene rings is 1. The van der Waals surface area contributed by atoms with Crippen LogP contribution in [0.4, 0.5) is 10.2 Å². The van der Waals surface area contributed by atoms with Crippen LogP contribution in [0.1, 0.15) is 11.4 Å². The van der Waals surface area contributed by atoms with E-state index in [1.54, 1.807) is 30.9 Å². The van der Waals surface area contributed by atoms with E-state index >= 15 is 0 Å². The fraction of sp³-hybridized carbons (Fsp3) is 0.200. The number of pyridine rings is 1. The molecule has 28 heavy (non-hydrogen) atoms. The lowest BCUT2D eigenvalue weighted by molar-refractivity contribution is 0.424. The molecule has 4 rings (SSSR count). The fourth-order valence-electron chi connectivity index (χ4n) is 2.77. The Bertz CT molecular complexity index is 1010. The van der Waals surface area contributed by atoms with Gasteiger partial charge in [0.05, 0.1) is 11.9 Å². The molecule has 0 N–H and O–H groups in total. The van der Waals surface area contributed by atoms with Gasteiger partial charge in [0.1, 0.15) is 11.6 Å². The average molecular weight is 378 g/mol. The number of aromatic nitrogens is 5. The quantitative estimate of drug-likeness (QED) is 0.492. The highest BCUT2D eigenvalue weighted by Crippen LogP contribution is 2.20. The Morgan fingerprint density at radius 3 is 2.71 bits per heavy atom. The normalized spacial score (nSPS) is 10.9. The predicted molar refractivity (Wildman–Crippen MR) is 102 cm³/mol. The maximum Gasteiger partial charge on any atom is 0.259 e. The van der Waals surface area contributed by atoms with Gasteiger partial charge in [-0.1, -0.05) is 17.3 Å². The number of nitrogens with zero attached hydrogens (tertiary/aromatic N) is 6. The molecule has 142 valence electrons. The molecule has 0 saturated carbocycles. The maximum atomic E-state index is 13.0. The maximum absolute atomic E-state index is 13.0. The van der Waals surface area contributed by atoms with Gasteiger partial charge in [0, 0.05) is 45.1 Å². The second-order valence-electron chi connectivity index (χ2n) is 6.45. The van der Waals surface area contributed by atoms with Crippen LogP contribution < -0.4 is 4.90 Å². The SMILES string of the molecule is CN(CCn1ccnc1)c1ccc(-c2nc(Cc3ccc(F)cc3)no2)cn1. The lowest BCUT2D eigenvalue weighted by Crippen LogP contribution is -2.23. The molecule has 0 radical (unpaired) electrons. The van der Waals surface area contributed by atoms with Crippen LogP contribution in [0.5, 0.6) is 0 Å². The number of anilines is 1. The van der Waals surface area contributed by atoms with E-state index in [0.29, 0.717) is 18.1 Å². The summed E-state index contributed by atoms with van der Waals surface area (Å²) < 4.78 is 20.4. The van der Waals surface area contributed by atoms with Crippen LogP contribution in [0.25, 0.3) is 11.5 Å². The van der Waals surface area contributed by atoms with Crippen LogP contribution >= 0.6 is 0 Å². The standard InChI is InChI=1S/C20H19FN6O/c1-26(10-11-27-9-8-22-14-27)19-7-4-16(13-23-19)20-24-18(25-28-20)12-15-2-5-17(21)6-3-15/h2-9,13-14H,10-12H2,1H3. The topological polar surface area (TPSA) is 72.9 Å². The van der Waals surface area contributed by atoms with Crippen molar-refractivity contribution in [1.29, 1.82) is 0 Å². The Balaban J connectivity index is 1.39. The Labute approximate surface area is 161 Å². The molecule has 0 bridgehead atoms. The van der Waals surface area contributed by atoms with E-state index < -0.39 is 0 Å². The molecular weight excluding hydrogens is 359 g/mol. The van der Waals surface area contributed by atoms with Gasteiger partial charge in [-0.3, -0.25) is 0 Å². The molecule has 0 atom stereocenters. The van der Waals surface area contributed by atoms with Crippen molar-refractivity contribution in [3.8, 4) is 11.5 Å². The van der Waals surface area contributed by atoms with Crippen molar-refractivity contribution in [2.45, 2.75) is 13.0 Å². The van der Waals surface area contributed by atoms with Gasteiger partial charge in [-0.2, -0.15) is 4.98 Å². The lowest BCUT2D eigenvalue weighted by Gasteiger charge is -2.18. The minimum atomic E-state index is -0.265. The number of hydrogen-bond acceptors (Lipinski definition) is 6. The molecule has 3 heterocycles. The summed E-state index contributed by atoms with van der Waals surface area (Å²) in [6, 6.07) is 10.1. The summed E-state index contributed by atoms with van der Waals surface area (Å²) in [5, 5.41) is 4.00. The van der Waals surface area contributed by atoms with E-state index in [0.717, 1.165) is 30.0 Å². The first kappa shape index (κ1) is 17.8. The molecule has 0 saturated heterocycles. The zero-order chi connectivity index (χ0) is 19.3. The third-order valence-corrected chi connectivity index (χ3v) is 4.38. The lowest BCUT2D eigenvalue weighted by atomic mass is 10.1. The van der Waals surface area contributed by atoms with Gasteiger partial charge >= 0.3 is 0 Å². The number of likely N-dealkylation sites (N-methyl/N-ethyl adjacent to an activating group) is 1. The highest BCUT2D eigenvalue weighted by atomic mass is 19.1. The summed E-state index contributed by atoms with van der Waals surface area (Å²) in [6.45, 7) is 1.64. The second kappa shape index (κ2) is 7.99. The van der Waals surface area contributed by atoms with Crippen LogP contribution in [-0.2, 0) is 13.0 Å². The Kier molecular flexibility index (Phi) is 5.09. The largest absolute Gasteiger partial charge is 0.358 e. The number of imidazole rings is 1. The van der Waals surface area contributed by atoms with E-state index in [-0.39, 0.29) is 5.82 Å². The van der Waals surface area contributed by atoms with Gasteiger partial charge in [-0.15, -0.1) is 0 Å². The second-order valence-corrected chi connectivity index (χ2v) is 6.45. The van der Waals surface area contributed by atoms with Crippen LogP contribution in [0.3, 0.4) is 0 Å². The van der Waals surface area contributed by atoms with Gasteiger partial charge in [-0.25, -0.2) is 14.4 Å². The number of halogens is 1. The predicted octanol–water partition coefficient (Wildman–Crippen LogP) is 3.19. The Morgan fingerprint density at radius 2 is 2.00 bits per heavy atom. The van der Waals surface area contributed by atoms with Gasteiger partial charge in [0.2, 0.25) is 0 Å². The van der Waals surface area contributed by atoms with Crippen molar-refractivity contribution in [3.63, 3.8) is 0 Å². The number of rotatable bonds is 7. The zero-order valence-electron chi connectivity index (χ0n) is 15.4. The minimum Gasteiger partial charge on any atom is -0.358 e.